The number of fused-ring (bicyclic) bond motifs is 3. The van der Waals surface area contributed by atoms with Crippen molar-refractivity contribution in [3.8, 4) is 0 Å². The quantitative estimate of drug-likeness (QED) is 0.759. The van der Waals surface area contributed by atoms with Crippen molar-refractivity contribution in [2.75, 3.05) is 6.54 Å². The number of para-hydroxylation sites is 1. The lowest BCUT2D eigenvalue weighted by atomic mass is 9.81. The van der Waals surface area contributed by atoms with Crippen LogP contribution in [0.4, 0.5) is 0 Å². The topological polar surface area (TPSA) is 39.2 Å². The second-order valence-electron chi connectivity index (χ2n) is 5.73. The summed E-state index contributed by atoms with van der Waals surface area (Å²) in [5, 5.41) is 2.38. The van der Waals surface area contributed by atoms with Crippen molar-refractivity contribution in [2.45, 2.75) is 25.7 Å². The molecule has 0 saturated carbocycles. The Bertz CT molecular complexity index is 724. The highest BCUT2D eigenvalue weighted by Crippen LogP contribution is 2.33. The molecule has 0 fully saturated rings. The van der Waals surface area contributed by atoms with Crippen LogP contribution in [-0.2, 0) is 5.41 Å². The molecule has 1 heterocycles. The van der Waals surface area contributed by atoms with Gasteiger partial charge in [-0.05, 0) is 42.1 Å². The Labute approximate surface area is 113 Å². The van der Waals surface area contributed by atoms with Gasteiger partial charge in [0.1, 0.15) is 11.2 Å². The molecule has 0 amide bonds. The van der Waals surface area contributed by atoms with Gasteiger partial charge in [0.25, 0.3) is 0 Å². The maximum atomic E-state index is 5.86. The molecule has 19 heavy (non-hydrogen) atoms. The molecule has 0 atom stereocenters. The van der Waals surface area contributed by atoms with E-state index in [9.17, 15) is 0 Å². The molecule has 1 aromatic heterocycles. The highest BCUT2D eigenvalue weighted by molar-refractivity contribution is 6.05. The molecule has 3 rings (SSSR count). The largest absolute Gasteiger partial charge is 0.456 e. The monoisotopic (exact) mass is 253 g/mol. The lowest BCUT2D eigenvalue weighted by Gasteiger charge is -2.24. The molecule has 2 N–H and O–H groups in total. The van der Waals surface area contributed by atoms with Gasteiger partial charge in [-0.25, -0.2) is 0 Å². The predicted octanol–water partition coefficient (Wildman–Crippen LogP) is 4.21. The Kier molecular flexibility index (Phi) is 2.83. The van der Waals surface area contributed by atoms with Gasteiger partial charge in [-0.15, -0.1) is 0 Å². The van der Waals surface area contributed by atoms with E-state index in [0.717, 1.165) is 17.6 Å². The molecule has 0 spiro atoms. The minimum Gasteiger partial charge on any atom is -0.456 e. The lowest BCUT2D eigenvalue weighted by Crippen LogP contribution is -2.21. The van der Waals surface area contributed by atoms with E-state index in [2.05, 4.69) is 44.2 Å². The average molecular weight is 253 g/mol. The van der Waals surface area contributed by atoms with Crippen LogP contribution < -0.4 is 5.73 Å². The summed E-state index contributed by atoms with van der Waals surface area (Å²) in [6.07, 6.45) is 0.980. The van der Waals surface area contributed by atoms with Crippen LogP contribution in [0.3, 0.4) is 0 Å². The van der Waals surface area contributed by atoms with E-state index >= 15 is 0 Å². The van der Waals surface area contributed by atoms with Gasteiger partial charge >= 0.3 is 0 Å². The SMILES string of the molecule is CC(C)(CCN)c1ccc2oc3ccccc3c2c1. The molecule has 0 saturated heterocycles. The summed E-state index contributed by atoms with van der Waals surface area (Å²) in [6.45, 7) is 5.18. The standard InChI is InChI=1S/C17H19NO/c1-17(2,9-10-18)12-7-8-16-14(11-12)13-5-3-4-6-15(13)19-16/h3-8,11H,9-10,18H2,1-2H3. The first kappa shape index (κ1) is 12.2. The fourth-order valence-corrected chi connectivity index (χ4v) is 2.65. The molecule has 3 aromatic rings. The van der Waals surface area contributed by atoms with Crippen LogP contribution in [0.2, 0.25) is 0 Å². The minimum absolute atomic E-state index is 0.0985. The van der Waals surface area contributed by atoms with Crippen molar-refractivity contribution in [1.29, 1.82) is 0 Å². The Balaban J connectivity index is 2.22. The van der Waals surface area contributed by atoms with Crippen molar-refractivity contribution in [3.05, 3.63) is 48.0 Å². The van der Waals surface area contributed by atoms with Crippen LogP contribution in [0.1, 0.15) is 25.8 Å². The van der Waals surface area contributed by atoms with Gasteiger partial charge in [0, 0.05) is 10.8 Å². The molecule has 0 unspecified atom stereocenters. The number of nitrogens with two attached hydrogens (primary N) is 1. The summed E-state index contributed by atoms with van der Waals surface area (Å²) in [5.74, 6) is 0. The van der Waals surface area contributed by atoms with Crippen LogP contribution in [-0.4, -0.2) is 6.54 Å². The second-order valence-corrected chi connectivity index (χ2v) is 5.73. The van der Waals surface area contributed by atoms with E-state index in [-0.39, 0.29) is 5.41 Å². The molecular formula is C17H19NO. The number of furan rings is 1. The zero-order valence-electron chi connectivity index (χ0n) is 11.4. The van der Waals surface area contributed by atoms with Gasteiger partial charge in [0.15, 0.2) is 0 Å². The van der Waals surface area contributed by atoms with Crippen LogP contribution >= 0.6 is 0 Å². The summed E-state index contributed by atoms with van der Waals surface area (Å²) < 4.78 is 5.86. The van der Waals surface area contributed by atoms with Gasteiger partial charge in [0.2, 0.25) is 0 Å². The fraction of sp³-hybridized carbons (Fsp3) is 0.294. The van der Waals surface area contributed by atoms with Gasteiger partial charge in [-0.2, -0.15) is 0 Å². The molecular weight excluding hydrogens is 234 g/mol. The smallest absolute Gasteiger partial charge is 0.135 e. The summed E-state index contributed by atoms with van der Waals surface area (Å²) in [6, 6.07) is 14.7. The van der Waals surface area contributed by atoms with E-state index < -0.39 is 0 Å². The summed E-state index contributed by atoms with van der Waals surface area (Å²) in [4.78, 5) is 0. The van der Waals surface area contributed by atoms with Gasteiger partial charge in [-0.1, -0.05) is 38.1 Å². The Morgan fingerprint density at radius 1 is 1.00 bits per heavy atom. The molecule has 98 valence electrons. The van der Waals surface area contributed by atoms with E-state index in [4.69, 9.17) is 10.2 Å². The van der Waals surface area contributed by atoms with Crippen molar-refractivity contribution in [3.63, 3.8) is 0 Å². The zero-order valence-corrected chi connectivity index (χ0v) is 11.4. The second kappa shape index (κ2) is 4.39. The van der Waals surface area contributed by atoms with Crippen molar-refractivity contribution >= 4 is 21.9 Å². The van der Waals surface area contributed by atoms with E-state index in [1.165, 1.54) is 16.3 Å². The highest BCUT2D eigenvalue weighted by Gasteiger charge is 2.20. The Morgan fingerprint density at radius 3 is 2.53 bits per heavy atom. The Morgan fingerprint density at radius 2 is 1.74 bits per heavy atom. The van der Waals surface area contributed by atoms with Crippen molar-refractivity contribution in [2.24, 2.45) is 5.73 Å². The number of hydrogen-bond donors (Lipinski definition) is 1. The van der Waals surface area contributed by atoms with Gasteiger partial charge in [0.05, 0.1) is 0 Å². The molecule has 0 bridgehead atoms. The molecule has 2 nitrogen and oxygen atoms in total. The maximum absolute atomic E-state index is 5.86. The molecule has 2 aromatic carbocycles. The zero-order chi connectivity index (χ0) is 13.5. The van der Waals surface area contributed by atoms with Crippen LogP contribution in [0.25, 0.3) is 21.9 Å². The summed E-state index contributed by atoms with van der Waals surface area (Å²) >= 11 is 0. The normalized spacial score (nSPS) is 12.4. The number of rotatable bonds is 3. The van der Waals surface area contributed by atoms with E-state index in [0.29, 0.717) is 6.54 Å². The van der Waals surface area contributed by atoms with Gasteiger partial charge in [-0.3, -0.25) is 0 Å². The van der Waals surface area contributed by atoms with Crippen molar-refractivity contribution in [1.82, 2.24) is 0 Å². The molecule has 2 heteroatoms. The summed E-state index contributed by atoms with van der Waals surface area (Å²) in [5.41, 5.74) is 9.03. The molecule has 0 radical (unpaired) electrons. The van der Waals surface area contributed by atoms with E-state index in [1.54, 1.807) is 0 Å². The first-order valence-electron chi connectivity index (χ1n) is 6.74. The van der Waals surface area contributed by atoms with Crippen LogP contribution in [0.5, 0.6) is 0 Å². The third-order valence-electron chi connectivity index (χ3n) is 3.93. The molecule has 0 aliphatic rings. The Hall–Kier alpha value is -1.80. The highest BCUT2D eigenvalue weighted by atomic mass is 16.3. The third kappa shape index (κ3) is 2.02. The molecule has 0 aliphatic carbocycles. The van der Waals surface area contributed by atoms with E-state index in [1.807, 2.05) is 12.1 Å². The number of hydrogen-bond acceptors (Lipinski definition) is 2. The third-order valence-corrected chi connectivity index (χ3v) is 3.93. The lowest BCUT2D eigenvalue weighted by molar-refractivity contribution is 0.488. The maximum Gasteiger partial charge on any atom is 0.135 e. The molecule has 0 aliphatic heterocycles. The van der Waals surface area contributed by atoms with Gasteiger partial charge < -0.3 is 10.2 Å². The predicted molar refractivity (Wildman–Crippen MR) is 80.4 cm³/mol. The first-order chi connectivity index (χ1) is 9.12. The summed E-state index contributed by atoms with van der Waals surface area (Å²) in [7, 11) is 0. The fourth-order valence-electron chi connectivity index (χ4n) is 2.65. The first-order valence-corrected chi connectivity index (χ1v) is 6.74. The number of benzene rings is 2. The minimum atomic E-state index is 0.0985. The van der Waals surface area contributed by atoms with Crippen molar-refractivity contribution < 1.29 is 4.42 Å². The average Bonchev–Trinajstić information content (AvgIpc) is 2.76. The van der Waals surface area contributed by atoms with Crippen LogP contribution in [0, 0.1) is 0 Å². The van der Waals surface area contributed by atoms with Crippen LogP contribution in [0.15, 0.2) is 46.9 Å².